The normalized spacial score (nSPS) is 11.3. The van der Waals surface area contributed by atoms with Crippen LogP contribution in [0.4, 0.5) is 6.01 Å². The van der Waals surface area contributed by atoms with Crippen molar-refractivity contribution in [1.82, 2.24) is 4.98 Å². The van der Waals surface area contributed by atoms with Crippen molar-refractivity contribution < 1.29 is 22.4 Å². The number of rotatable bonds is 4. The number of methoxy groups -OCH3 is 1. The van der Waals surface area contributed by atoms with E-state index in [1.165, 1.54) is 32.2 Å². The summed E-state index contributed by atoms with van der Waals surface area (Å²) in [5, 5.41) is 0. The number of aromatic nitrogens is 1. The van der Waals surface area contributed by atoms with E-state index >= 15 is 0 Å². The summed E-state index contributed by atoms with van der Waals surface area (Å²) < 4.78 is 37.0. The molecule has 7 nitrogen and oxygen atoms in total. The first-order valence-corrected chi connectivity index (χ1v) is 7.89. The molecule has 1 aromatic heterocycles. The highest BCUT2D eigenvalue weighted by atomic mass is 32.2. The minimum absolute atomic E-state index is 0.0380. The number of anilines is 1. The van der Waals surface area contributed by atoms with Crippen LogP contribution in [0, 0.1) is 20.8 Å². The number of esters is 1. The molecular weight excluding hydrogens is 308 g/mol. The molecule has 0 saturated heterocycles. The average molecular weight is 324 g/mol. The lowest BCUT2D eigenvalue weighted by Crippen LogP contribution is -2.16. The summed E-state index contributed by atoms with van der Waals surface area (Å²) in [4.78, 5) is 15.6. The first-order valence-electron chi connectivity index (χ1n) is 6.41. The molecule has 1 N–H and O–H groups in total. The van der Waals surface area contributed by atoms with Gasteiger partial charge in [0.1, 0.15) is 5.76 Å². The van der Waals surface area contributed by atoms with Gasteiger partial charge in [-0.25, -0.2) is 17.9 Å². The van der Waals surface area contributed by atoms with Gasteiger partial charge in [0.15, 0.2) is 0 Å². The highest BCUT2D eigenvalue weighted by Gasteiger charge is 2.23. The number of nitrogens with zero attached hydrogens (tertiary/aromatic N) is 1. The number of hydrogen-bond donors (Lipinski definition) is 1. The zero-order chi connectivity index (χ0) is 16.5. The minimum Gasteiger partial charge on any atom is -0.465 e. The Morgan fingerprint density at radius 3 is 2.50 bits per heavy atom. The van der Waals surface area contributed by atoms with Crippen LogP contribution in [0.2, 0.25) is 0 Å². The maximum Gasteiger partial charge on any atom is 0.338 e. The van der Waals surface area contributed by atoms with Crippen LogP contribution >= 0.6 is 0 Å². The van der Waals surface area contributed by atoms with Gasteiger partial charge in [-0.3, -0.25) is 0 Å². The summed E-state index contributed by atoms with van der Waals surface area (Å²) in [5.41, 5.74) is 1.07. The maximum absolute atomic E-state index is 12.4. The molecule has 0 atom stereocenters. The van der Waals surface area contributed by atoms with Gasteiger partial charge in [-0.15, -0.1) is 0 Å². The lowest BCUT2D eigenvalue weighted by Gasteiger charge is -2.10. The number of benzene rings is 1. The van der Waals surface area contributed by atoms with Crippen LogP contribution in [0.5, 0.6) is 0 Å². The molecule has 0 radical (unpaired) electrons. The van der Waals surface area contributed by atoms with Crippen molar-refractivity contribution in [3.63, 3.8) is 0 Å². The number of carbonyl (C=O) groups is 1. The fourth-order valence-electron chi connectivity index (χ4n) is 1.92. The summed E-state index contributed by atoms with van der Waals surface area (Å²) >= 11 is 0. The first kappa shape index (κ1) is 16.0. The molecule has 1 aromatic carbocycles. The largest absolute Gasteiger partial charge is 0.465 e. The predicted octanol–water partition coefficient (Wildman–Crippen LogP) is 2.19. The third kappa shape index (κ3) is 2.96. The molecule has 0 fully saturated rings. The van der Waals surface area contributed by atoms with Gasteiger partial charge in [-0.2, -0.15) is 4.98 Å². The number of hydrogen-bond acceptors (Lipinski definition) is 6. The highest BCUT2D eigenvalue weighted by Crippen LogP contribution is 2.23. The monoisotopic (exact) mass is 324 g/mol. The Hall–Kier alpha value is -2.35. The van der Waals surface area contributed by atoms with Crippen LogP contribution in [-0.2, 0) is 14.8 Å². The molecule has 0 saturated carbocycles. The van der Waals surface area contributed by atoms with Gasteiger partial charge in [0.05, 0.1) is 23.3 Å². The zero-order valence-corrected chi connectivity index (χ0v) is 13.4. The van der Waals surface area contributed by atoms with Crippen LogP contribution in [0.15, 0.2) is 27.5 Å². The van der Waals surface area contributed by atoms with E-state index in [1.54, 1.807) is 13.8 Å². The fraction of sp³-hybridized carbons (Fsp3) is 0.286. The van der Waals surface area contributed by atoms with Crippen molar-refractivity contribution >= 4 is 22.0 Å². The van der Waals surface area contributed by atoms with E-state index in [2.05, 4.69) is 14.4 Å². The van der Waals surface area contributed by atoms with Crippen molar-refractivity contribution in [3.05, 3.63) is 40.8 Å². The number of ether oxygens (including phenoxy) is 1. The molecule has 0 unspecified atom stereocenters. The number of aryl methyl sites for hydroxylation is 2. The second-order valence-electron chi connectivity index (χ2n) is 4.69. The van der Waals surface area contributed by atoms with Crippen LogP contribution < -0.4 is 4.72 Å². The molecule has 0 amide bonds. The molecule has 0 spiro atoms. The lowest BCUT2D eigenvalue weighted by molar-refractivity contribution is 0.0599. The van der Waals surface area contributed by atoms with E-state index in [9.17, 15) is 13.2 Å². The Morgan fingerprint density at radius 2 is 1.95 bits per heavy atom. The van der Waals surface area contributed by atoms with Gasteiger partial charge in [-0.1, -0.05) is 6.07 Å². The zero-order valence-electron chi connectivity index (χ0n) is 12.6. The van der Waals surface area contributed by atoms with E-state index in [0.29, 0.717) is 17.0 Å². The van der Waals surface area contributed by atoms with E-state index in [1.807, 2.05) is 0 Å². The second-order valence-corrected chi connectivity index (χ2v) is 6.34. The van der Waals surface area contributed by atoms with Gasteiger partial charge in [-0.05, 0) is 38.5 Å². The Bertz CT molecular complexity index is 804. The summed E-state index contributed by atoms with van der Waals surface area (Å²) in [5.74, 6) is -0.0740. The maximum atomic E-state index is 12.4. The minimum atomic E-state index is -3.93. The molecular formula is C14H16N2O5S. The summed E-state index contributed by atoms with van der Waals surface area (Å²) in [7, 11) is -2.69. The third-order valence-electron chi connectivity index (χ3n) is 3.23. The van der Waals surface area contributed by atoms with Crippen molar-refractivity contribution in [2.24, 2.45) is 0 Å². The molecule has 0 aliphatic rings. The first-order chi connectivity index (χ1) is 10.3. The van der Waals surface area contributed by atoms with E-state index in [-0.39, 0.29) is 16.5 Å². The number of oxazole rings is 1. The molecule has 118 valence electrons. The topological polar surface area (TPSA) is 98.5 Å². The van der Waals surface area contributed by atoms with E-state index in [0.717, 1.165) is 0 Å². The highest BCUT2D eigenvalue weighted by molar-refractivity contribution is 7.92. The quantitative estimate of drug-likeness (QED) is 0.866. The van der Waals surface area contributed by atoms with Gasteiger partial charge in [0.2, 0.25) is 0 Å². The van der Waals surface area contributed by atoms with Gasteiger partial charge in [0, 0.05) is 0 Å². The van der Waals surface area contributed by atoms with Crippen LogP contribution in [0.3, 0.4) is 0 Å². The molecule has 0 bridgehead atoms. The van der Waals surface area contributed by atoms with Crippen LogP contribution in [-0.4, -0.2) is 26.5 Å². The number of sulfonamides is 1. The number of carbonyl (C=O) groups excluding carboxylic acids is 1. The van der Waals surface area contributed by atoms with Crippen molar-refractivity contribution in [2.75, 3.05) is 11.8 Å². The summed E-state index contributed by atoms with van der Waals surface area (Å²) in [6, 6.07) is 4.25. The molecule has 2 rings (SSSR count). The smallest absolute Gasteiger partial charge is 0.338 e. The molecule has 1 heterocycles. The number of nitrogens with one attached hydrogen (secondary N) is 1. The van der Waals surface area contributed by atoms with Crippen molar-refractivity contribution in [2.45, 2.75) is 25.7 Å². The van der Waals surface area contributed by atoms with Gasteiger partial charge >= 0.3 is 12.0 Å². The molecule has 2 aromatic rings. The van der Waals surface area contributed by atoms with Crippen LogP contribution in [0.1, 0.15) is 27.4 Å². The fourth-order valence-corrected chi connectivity index (χ4v) is 3.12. The molecule has 22 heavy (non-hydrogen) atoms. The molecule has 0 aliphatic carbocycles. The SMILES string of the molecule is COC(=O)c1cccc(S(=O)(=O)Nc2nc(C)c(C)o2)c1C. The molecule has 0 aliphatic heterocycles. The summed E-state index contributed by atoms with van der Waals surface area (Å²) in [6.45, 7) is 4.93. The summed E-state index contributed by atoms with van der Waals surface area (Å²) in [6.07, 6.45) is 0. The Labute approximate surface area is 128 Å². The van der Waals surface area contributed by atoms with Crippen molar-refractivity contribution in [1.29, 1.82) is 0 Å². The average Bonchev–Trinajstić information content (AvgIpc) is 2.75. The van der Waals surface area contributed by atoms with E-state index in [4.69, 9.17) is 4.42 Å². The van der Waals surface area contributed by atoms with Gasteiger partial charge < -0.3 is 9.15 Å². The standard InChI is InChI=1S/C14H16N2O5S/c1-8-11(13(17)20-4)6-5-7-12(8)22(18,19)16-14-15-9(2)10(3)21-14/h5-7H,1-4H3,(H,15,16). The second kappa shape index (κ2) is 5.80. The predicted molar refractivity (Wildman–Crippen MR) is 79.3 cm³/mol. The Kier molecular flexibility index (Phi) is 4.23. The van der Waals surface area contributed by atoms with Crippen molar-refractivity contribution in [3.8, 4) is 0 Å². The van der Waals surface area contributed by atoms with Gasteiger partial charge in [0.25, 0.3) is 10.0 Å². The Morgan fingerprint density at radius 1 is 1.27 bits per heavy atom. The van der Waals surface area contributed by atoms with E-state index < -0.39 is 16.0 Å². The Balaban J connectivity index is 2.43. The third-order valence-corrected chi connectivity index (χ3v) is 4.69. The van der Waals surface area contributed by atoms with Crippen LogP contribution in [0.25, 0.3) is 0 Å². The lowest BCUT2D eigenvalue weighted by atomic mass is 10.1. The molecule has 8 heteroatoms.